The van der Waals surface area contributed by atoms with Crippen LogP contribution >= 0.6 is 0 Å². The van der Waals surface area contributed by atoms with E-state index in [-0.39, 0.29) is 12.0 Å². The molecule has 1 aliphatic heterocycles. The third-order valence-electron chi connectivity index (χ3n) is 3.95. The van der Waals surface area contributed by atoms with E-state index in [9.17, 15) is 23.2 Å². The lowest BCUT2D eigenvalue weighted by Crippen LogP contribution is -2.42. The Hall–Kier alpha value is -2.51. The largest absolute Gasteiger partial charge is 0.480 e. The third-order valence-corrected chi connectivity index (χ3v) is 3.95. The minimum Gasteiger partial charge on any atom is -0.480 e. The third kappa shape index (κ3) is 4.06. The number of nitrogens with zero attached hydrogens (tertiary/aromatic N) is 1. The first-order valence-corrected chi connectivity index (χ1v) is 7.54. The summed E-state index contributed by atoms with van der Waals surface area (Å²) >= 11 is 0. The van der Waals surface area contributed by atoms with Gasteiger partial charge in [0.1, 0.15) is 17.7 Å². The number of nitrogens with one attached hydrogen (secondary N) is 1. The zero-order valence-electron chi connectivity index (χ0n) is 13.1. The molecule has 0 radical (unpaired) electrons. The lowest BCUT2D eigenvalue weighted by Gasteiger charge is -2.25. The molecule has 0 saturated carbocycles. The Morgan fingerprint density at radius 3 is 2.67 bits per heavy atom. The molecular weight excluding hydrogens is 322 g/mol. The first-order valence-electron chi connectivity index (χ1n) is 7.54. The fourth-order valence-electron chi connectivity index (χ4n) is 2.88. The number of aliphatic carboxylic acids is 1. The van der Waals surface area contributed by atoms with E-state index >= 15 is 0 Å². The topological polar surface area (TPSA) is 86.7 Å². The summed E-state index contributed by atoms with van der Waals surface area (Å²) in [5.74, 6) is -3.72. The molecule has 1 aliphatic rings. The highest BCUT2D eigenvalue weighted by Gasteiger charge is 2.35. The van der Waals surface area contributed by atoms with Gasteiger partial charge < -0.3 is 15.3 Å². The highest BCUT2D eigenvalue weighted by molar-refractivity contribution is 5.85. The summed E-state index contributed by atoms with van der Waals surface area (Å²) in [5, 5.41) is 11.6. The van der Waals surface area contributed by atoms with Crippen LogP contribution in [-0.2, 0) is 14.4 Å². The standard InChI is InChI=1S/C16H18F2N2O4/c1-9(21)19-13(11-5-4-10(17)7-12(11)18)8-15(22)20-6-2-3-14(20)16(23)24/h4-5,7,13-14H,2-3,6,8H2,1H3,(H,19,21)(H,23,24). The van der Waals surface area contributed by atoms with Gasteiger partial charge in [-0.3, -0.25) is 9.59 Å². The van der Waals surface area contributed by atoms with Crippen molar-refractivity contribution < 1.29 is 28.3 Å². The summed E-state index contributed by atoms with van der Waals surface area (Å²) in [4.78, 5) is 36.2. The molecule has 2 atom stereocenters. The average molecular weight is 340 g/mol. The predicted octanol–water partition coefficient (Wildman–Crippen LogP) is 1.61. The normalized spacial score (nSPS) is 18.3. The second kappa shape index (κ2) is 7.37. The van der Waals surface area contributed by atoms with Gasteiger partial charge >= 0.3 is 5.97 Å². The van der Waals surface area contributed by atoms with Crippen LogP contribution in [0.2, 0.25) is 0 Å². The minimum atomic E-state index is -1.09. The van der Waals surface area contributed by atoms with Crippen molar-refractivity contribution in [1.29, 1.82) is 0 Å². The quantitative estimate of drug-likeness (QED) is 0.852. The number of likely N-dealkylation sites (tertiary alicyclic amines) is 1. The molecular formula is C16H18F2N2O4. The van der Waals surface area contributed by atoms with Crippen LogP contribution in [0.3, 0.4) is 0 Å². The van der Waals surface area contributed by atoms with Gasteiger partial charge in [0.05, 0.1) is 12.5 Å². The number of carboxylic acids is 1. The second-order valence-electron chi connectivity index (χ2n) is 5.71. The Kier molecular flexibility index (Phi) is 5.48. The van der Waals surface area contributed by atoms with Crippen molar-refractivity contribution in [2.75, 3.05) is 6.54 Å². The summed E-state index contributed by atoms with van der Waals surface area (Å²) in [7, 11) is 0. The number of rotatable bonds is 5. The van der Waals surface area contributed by atoms with Crippen LogP contribution in [-0.4, -0.2) is 40.4 Å². The van der Waals surface area contributed by atoms with Gasteiger partial charge in [0.25, 0.3) is 0 Å². The number of amides is 2. The van der Waals surface area contributed by atoms with Crippen molar-refractivity contribution in [1.82, 2.24) is 10.2 Å². The zero-order chi connectivity index (χ0) is 17.9. The summed E-state index contributed by atoms with van der Waals surface area (Å²) in [6.07, 6.45) is 0.626. The number of carbonyl (C=O) groups excluding carboxylic acids is 2. The van der Waals surface area contributed by atoms with Gasteiger partial charge in [0, 0.05) is 25.1 Å². The van der Waals surface area contributed by atoms with E-state index in [0.717, 1.165) is 12.1 Å². The van der Waals surface area contributed by atoms with E-state index in [1.165, 1.54) is 11.8 Å². The van der Waals surface area contributed by atoms with Gasteiger partial charge in [-0.1, -0.05) is 6.07 Å². The fourth-order valence-corrected chi connectivity index (χ4v) is 2.88. The van der Waals surface area contributed by atoms with Crippen LogP contribution in [0.15, 0.2) is 18.2 Å². The molecule has 0 spiro atoms. The van der Waals surface area contributed by atoms with E-state index in [1.54, 1.807) is 0 Å². The van der Waals surface area contributed by atoms with Crippen LogP contribution in [0.25, 0.3) is 0 Å². The first kappa shape index (κ1) is 17.8. The second-order valence-corrected chi connectivity index (χ2v) is 5.71. The Balaban J connectivity index is 2.21. The average Bonchev–Trinajstić information content (AvgIpc) is 2.95. The van der Waals surface area contributed by atoms with Crippen molar-refractivity contribution >= 4 is 17.8 Å². The van der Waals surface area contributed by atoms with E-state index in [4.69, 9.17) is 5.11 Å². The summed E-state index contributed by atoms with van der Waals surface area (Å²) in [5.41, 5.74) is -0.0222. The molecule has 2 unspecified atom stereocenters. The maximum atomic E-state index is 14.0. The van der Waals surface area contributed by atoms with E-state index in [1.807, 2.05) is 0 Å². The maximum Gasteiger partial charge on any atom is 0.326 e. The molecule has 0 bridgehead atoms. The molecule has 2 rings (SSSR count). The molecule has 2 N–H and O–H groups in total. The van der Waals surface area contributed by atoms with Crippen molar-refractivity contribution in [2.45, 2.75) is 38.3 Å². The number of carboxylic acid groups (broad SMARTS) is 1. The van der Waals surface area contributed by atoms with Gasteiger partial charge in [-0.25, -0.2) is 13.6 Å². The van der Waals surface area contributed by atoms with Crippen molar-refractivity contribution in [3.63, 3.8) is 0 Å². The SMILES string of the molecule is CC(=O)NC(CC(=O)N1CCCC1C(=O)O)c1ccc(F)cc1F. The summed E-state index contributed by atoms with van der Waals surface area (Å²) in [6, 6.07) is 0.967. The smallest absolute Gasteiger partial charge is 0.326 e. The van der Waals surface area contributed by atoms with Gasteiger partial charge in [-0.15, -0.1) is 0 Å². The number of carbonyl (C=O) groups is 3. The fraction of sp³-hybridized carbons (Fsp3) is 0.438. The molecule has 130 valence electrons. The number of hydrogen-bond donors (Lipinski definition) is 2. The van der Waals surface area contributed by atoms with Crippen molar-refractivity contribution in [2.24, 2.45) is 0 Å². The highest BCUT2D eigenvalue weighted by atomic mass is 19.1. The number of benzene rings is 1. The molecule has 1 aromatic rings. The molecule has 1 saturated heterocycles. The Labute approximate surface area is 137 Å². The van der Waals surface area contributed by atoms with Crippen LogP contribution in [0, 0.1) is 11.6 Å². The molecule has 1 heterocycles. The van der Waals surface area contributed by atoms with Gasteiger partial charge in [0.2, 0.25) is 11.8 Å². The van der Waals surface area contributed by atoms with E-state index in [2.05, 4.69) is 5.32 Å². The van der Waals surface area contributed by atoms with Crippen LogP contribution < -0.4 is 5.32 Å². The van der Waals surface area contributed by atoms with Crippen molar-refractivity contribution in [3.8, 4) is 0 Å². The molecule has 8 heteroatoms. The van der Waals surface area contributed by atoms with Crippen LogP contribution in [0.5, 0.6) is 0 Å². The zero-order valence-corrected chi connectivity index (χ0v) is 13.1. The molecule has 1 aromatic carbocycles. The van der Waals surface area contributed by atoms with Gasteiger partial charge in [-0.2, -0.15) is 0 Å². The maximum absolute atomic E-state index is 14.0. The first-order chi connectivity index (χ1) is 11.3. The molecule has 0 aromatic heterocycles. The van der Waals surface area contributed by atoms with Gasteiger partial charge in [0.15, 0.2) is 0 Å². The van der Waals surface area contributed by atoms with Crippen LogP contribution in [0.4, 0.5) is 8.78 Å². The lowest BCUT2D eigenvalue weighted by molar-refractivity contribution is -0.148. The molecule has 2 amide bonds. The Bertz CT molecular complexity index is 665. The highest BCUT2D eigenvalue weighted by Crippen LogP contribution is 2.25. The molecule has 24 heavy (non-hydrogen) atoms. The monoisotopic (exact) mass is 340 g/mol. The van der Waals surface area contributed by atoms with E-state index in [0.29, 0.717) is 25.5 Å². The molecule has 0 aliphatic carbocycles. The number of hydrogen-bond acceptors (Lipinski definition) is 3. The Morgan fingerprint density at radius 1 is 1.38 bits per heavy atom. The van der Waals surface area contributed by atoms with Gasteiger partial charge in [-0.05, 0) is 18.9 Å². The Morgan fingerprint density at radius 2 is 2.08 bits per heavy atom. The molecule has 1 fully saturated rings. The minimum absolute atomic E-state index is 0.0222. The summed E-state index contributed by atoms with van der Waals surface area (Å²) < 4.78 is 27.0. The van der Waals surface area contributed by atoms with E-state index < -0.39 is 41.5 Å². The molecule has 6 nitrogen and oxygen atoms in total. The number of halogens is 2. The van der Waals surface area contributed by atoms with Crippen molar-refractivity contribution in [3.05, 3.63) is 35.4 Å². The van der Waals surface area contributed by atoms with Crippen LogP contribution in [0.1, 0.15) is 37.8 Å². The lowest BCUT2D eigenvalue weighted by atomic mass is 10.0. The summed E-state index contributed by atoms with van der Waals surface area (Å²) in [6.45, 7) is 1.52. The predicted molar refractivity (Wildman–Crippen MR) is 79.9 cm³/mol.